The van der Waals surface area contributed by atoms with Crippen LogP contribution in [0.25, 0.3) is 0 Å². The lowest BCUT2D eigenvalue weighted by atomic mass is 9.95. The molecule has 2 amide bonds. The van der Waals surface area contributed by atoms with Gasteiger partial charge in [0.1, 0.15) is 5.41 Å². The second kappa shape index (κ2) is 6.26. The Balaban J connectivity index is 0.00000176. The van der Waals surface area contributed by atoms with Crippen LogP contribution in [0.1, 0.15) is 24.3 Å². The van der Waals surface area contributed by atoms with Gasteiger partial charge in [-0.1, -0.05) is 30.3 Å². The molecule has 22 heavy (non-hydrogen) atoms. The number of benzene rings is 1. The van der Waals surface area contributed by atoms with E-state index in [0.717, 1.165) is 5.56 Å². The van der Waals surface area contributed by atoms with Gasteiger partial charge in [-0.05, 0) is 18.4 Å². The van der Waals surface area contributed by atoms with Gasteiger partial charge in [-0.15, -0.1) is 12.4 Å². The van der Waals surface area contributed by atoms with Gasteiger partial charge in [-0.2, -0.15) is 0 Å². The zero-order chi connectivity index (χ0) is 15.0. The van der Waals surface area contributed by atoms with Crippen molar-refractivity contribution in [3.8, 4) is 0 Å². The number of hydrogen-bond acceptors (Lipinski definition) is 3. The van der Waals surface area contributed by atoms with Crippen molar-refractivity contribution in [3.05, 3.63) is 35.9 Å². The van der Waals surface area contributed by atoms with Gasteiger partial charge in [0.25, 0.3) is 0 Å². The molecule has 1 saturated heterocycles. The van der Waals surface area contributed by atoms with Crippen molar-refractivity contribution >= 4 is 24.2 Å². The molecule has 0 spiro atoms. The maximum atomic E-state index is 12.7. The Morgan fingerprint density at radius 1 is 1.23 bits per heavy atom. The van der Waals surface area contributed by atoms with Crippen LogP contribution in [-0.2, 0) is 9.59 Å². The number of amides is 2. The summed E-state index contributed by atoms with van der Waals surface area (Å²) in [6.45, 7) is 1.12. The zero-order valence-electron chi connectivity index (χ0n) is 12.6. The molecule has 2 aliphatic rings. The Morgan fingerprint density at radius 2 is 1.86 bits per heavy atom. The Bertz CT molecular complexity index is 560. The highest BCUT2D eigenvalue weighted by Crippen LogP contribution is 2.48. The van der Waals surface area contributed by atoms with E-state index >= 15 is 0 Å². The Morgan fingerprint density at radius 3 is 2.41 bits per heavy atom. The van der Waals surface area contributed by atoms with E-state index in [1.807, 2.05) is 30.3 Å². The van der Waals surface area contributed by atoms with Crippen LogP contribution in [-0.4, -0.2) is 42.9 Å². The fraction of sp³-hybridized carbons (Fsp3) is 0.500. The Kier molecular flexibility index (Phi) is 4.78. The van der Waals surface area contributed by atoms with Crippen molar-refractivity contribution in [1.29, 1.82) is 0 Å². The second-order valence-corrected chi connectivity index (χ2v) is 6.05. The lowest BCUT2D eigenvalue weighted by Crippen LogP contribution is -2.44. The molecule has 0 unspecified atom stereocenters. The number of hydrogen-bond donors (Lipinski definition) is 2. The Labute approximate surface area is 136 Å². The summed E-state index contributed by atoms with van der Waals surface area (Å²) >= 11 is 0. The second-order valence-electron chi connectivity index (χ2n) is 6.05. The van der Waals surface area contributed by atoms with Crippen LogP contribution in [0.2, 0.25) is 0 Å². The van der Waals surface area contributed by atoms with E-state index in [-0.39, 0.29) is 36.2 Å². The normalized spacial score (nSPS) is 25.3. The summed E-state index contributed by atoms with van der Waals surface area (Å²) < 4.78 is 0. The Hall–Kier alpha value is -1.59. The summed E-state index contributed by atoms with van der Waals surface area (Å²) in [5.74, 6) is -0.0735. The first-order chi connectivity index (χ1) is 10.1. The minimum Gasteiger partial charge on any atom is -0.358 e. The molecule has 3 N–H and O–H groups in total. The van der Waals surface area contributed by atoms with E-state index in [0.29, 0.717) is 25.9 Å². The molecule has 1 aliphatic carbocycles. The number of carbonyl (C=O) groups is 2. The van der Waals surface area contributed by atoms with E-state index in [4.69, 9.17) is 5.73 Å². The average Bonchev–Trinajstić information content (AvgIpc) is 3.24. The summed E-state index contributed by atoms with van der Waals surface area (Å²) in [5, 5.41) is 2.61. The molecule has 1 aromatic carbocycles. The molecule has 1 heterocycles. The van der Waals surface area contributed by atoms with Crippen LogP contribution < -0.4 is 11.1 Å². The fourth-order valence-corrected chi connectivity index (χ4v) is 3.25. The van der Waals surface area contributed by atoms with Crippen molar-refractivity contribution in [2.75, 3.05) is 20.1 Å². The molecular formula is C16H22ClN3O2. The molecule has 120 valence electrons. The lowest BCUT2D eigenvalue weighted by Gasteiger charge is -2.22. The standard InChI is InChI=1S/C16H21N3O2.ClH/c1-18-14(20)16(7-8-16)15(21)19-9-12(13(17)10-19)11-5-3-2-4-6-11;/h2-6,12-13H,7-10,17H2,1H3,(H,18,20);1H/t12-,13+;/m0./s1. The van der Waals surface area contributed by atoms with Crippen LogP contribution >= 0.6 is 12.4 Å². The van der Waals surface area contributed by atoms with Crippen molar-refractivity contribution in [2.45, 2.75) is 24.8 Å². The van der Waals surface area contributed by atoms with E-state index in [1.54, 1.807) is 11.9 Å². The molecule has 3 rings (SSSR count). The third-order valence-electron chi connectivity index (χ3n) is 4.70. The number of halogens is 1. The smallest absolute Gasteiger partial charge is 0.238 e. The van der Waals surface area contributed by atoms with Crippen molar-refractivity contribution in [2.24, 2.45) is 11.1 Å². The number of rotatable bonds is 3. The maximum absolute atomic E-state index is 12.7. The first-order valence-corrected chi connectivity index (χ1v) is 7.40. The molecule has 5 nitrogen and oxygen atoms in total. The third kappa shape index (κ3) is 2.71. The number of nitrogens with two attached hydrogens (primary N) is 1. The number of carbonyl (C=O) groups excluding carboxylic acids is 2. The van der Waals surface area contributed by atoms with E-state index in [9.17, 15) is 9.59 Å². The first kappa shape index (κ1) is 16.8. The predicted octanol–water partition coefficient (Wildman–Crippen LogP) is 0.888. The summed E-state index contributed by atoms with van der Waals surface area (Å²) in [5.41, 5.74) is 6.56. The third-order valence-corrected chi connectivity index (χ3v) is 4.70. The zero-order valence-corrected chi connectivity index (χ0v) is 13.4. The SMILES string of the molecule is CNC(=O)C1(C(=O)N2C[C@@H](N)[C@H](c3ccccc3)C2)CC1.Cl. The van der Waals surface area contributed by atoms with Gasteiger partial charge in [-0.25, -0.2) is 0 Å². The molecule has 0 radical (unpaired) electrons. The summed E-state index contributed by atoms with van der Waals surface area (Å²) in [6.07, 6.45) is 1.29. The summed E-state index contributed by atoms with van der Waals surface area (Å²) in [6, 6.07) is 9.96. The predicted molar refractivity (Wildman–Crippen MR) is 86.7 cm³/mol. The van der Waals surface area contributed by atoms with Gasteiger partial charge in [0.15, 0.2) is 0 Å². The quantitative estimate of drug-likeness (QED) is 0.811. The summed E-state index contributed by atoms with van der Waals surface area (Å²) in [4.78, 5) is 26.4. The minimum absolute atomic E-state index is 0. The van der Waals surface area contributed by atoms with Crippen LogP contribution in [0.15, 0.2) is 30.3 Å². The number of nitrogens with zero attached hydrogens (tertiary/aromatic N) is 1. The highest BCUT2D eigenvalue weighted by molar-refractivity contribution is 6.07. The molecule has 1 aliphatic heterocycles. The van der Waals surface area contributed by atoms with Gasteiger partial charge in [0.05, 0.1) is 0 Å². The summed E-state index contributed by atoms with van der Waals surface area (Å²) in [7, 11) is 1.58. The van der Waals surface area contributed by atoms with Crippen molar-refractivity contribution < 1.29 is 9.59 Å². The molecule has 2 fully saturated rings. The molecular weight excluding hydrogens is 302 g/mol. The van der Waals surface area contributed by atoms with Gasteiger partial charge in [-0.3, -0.25) is 9.59 Å². The van der Waals surface area contributed by atoms with Gasteiger partial charge in [0.2, 0.25) is 11.8 Å². The van der Waals surface area contributed by atoms with Gasteiger partial charge >= 0.3 is 0 Å². The largest absolute Gasteiger partial charge is 0.358 e. The average molecular weight is 324 g/mol. The highest BCUT2D eigenvalue weighted by Gasteiger charge is 2.58. The van der Waals surface area contributed by atoms with Crippen LogP contribution in [0.5, 0.6) is 0 Å². The van der Waals surface area contributed by atoms with Gasteiger partial charge < -0.3 is 16.0 Å². The number of nitrogens with one attached hydrogen (secondary N) is 1. The van der Waals surface area contributed by atoms with Crippen LogP contribution in [0.4, 0.5) is 0 Å². The first-order valence-electron chi connectivity index (χ1n) is 7.40. The van der Waals surface area contributed by atoms with E-state index in [1.165, 1.54) is 0 Å². The van der Waals surface area contributed by atoms with E-state index in [2.05, 4.69) is 5.32 Å². The van der Waals surface area contributed by atoms with Crippen LogP contribution in [0, 0.1) is 5.41 Å². The molecule has 2 atom stereocenters. The van der Waals surface area contributed by atoms with Crippen molar-refractivity contribution in [1.82, 2.24) is 10.2 Å². The maximum Gasteiger partial charge on any atom is 0.238 e. The molecule has 0 aromatic heterocycles. The fourth-order valence-electron chi connectivity index (χ4n) is 3.25. The number of likely N-dealkylation sites (tertiary alicyclic amines) is 1. The molecule has 0 bridgehead atoms. The molecule has 1 aromatic rings. The monoisotopic (exact) mass is 323 g/mol. The topological polar surface area (TPSA) is 75.4 Å². The lowest BCUT2D eigenvalue weighted by molar-refractivity contribution is -0.143. The molecule has 1 saturated carbocycles. The van der Waals surface area contributed by atoms with Crippen molar-refractivity contribution in [3.63, 3.8) is 0 Å². The van der Waals surface area contributed by atoms with E-state index < -0.39 is 5.41 Å². The highest BCUT2D eigenvalue weighted by atomic mass is 35.5. The minimum atomic E-state index is -0.819. The van der Waals surface area contributed by atoms with Gasteiger partial charge in [0, 0.05) is 32.1 Å². The molecule has 6 heteroatoms. The van der Waals surface area contributed by atoms with Crippen LogP contribution in [0.3, 0.4) is 0 Å².